The highest BCUT2D eigenvalue weighted by Gasteiger charge is 2.15. The minimum Gasteiger partial charge on any atom is -0.365 e. The van der Waals surface area contributed by atoms with Crippen molar-refractivity contribution in [2.24, 2.45) is 0 Å². The lowest BCUT2D eigenvalue weighted by Gasteiger charge is -2.04. The van der Waals surface area contributed by atoms with Gasteiger partial charge in [-0.2, -0.15) is 5.26 Å². The first kappa shape index (κ1) is 14.0. The van der Waals surface area contributed by atoms with E-state index in [1.54, 1.807) is 17.4 Å². The molecule has 0 fully saturated rings. The maximum Gasteiger partial charge on any atom is 0.305 e. The highest BCUT2D eigenvalue weighted by atomic mass is 32.1. The molecule has 0 spiro atoms. The van der Waals surface area contributed by atoms with Gasteiger partial charge in [-0.15, -0.1) is 11.3 Å². The topological polar surface area (TPSA) is 91.9 Å². The van der Waals surface area contributed by atoms with Gasteiger partial charge in [-0.3, -0.25) is 10.1 Å². The van der Waals surface area contributed by atoms with Gasteiger partial charge in [0.05, 0.1) is 11.5 Å². The molecule has 0 unspecified atom stereocenters. The van der Waals surface area contributed by atoms with E-state index >= 15 is 0 Å². The van der Waals surface area contributed by atoms with Gasteiger partial charge in [-0.1, -0.05) is 6.92 Å². The molecule has 2 aromatic heterocycles. The number of nitriles is 1. The zero-order valence-corrected chi connectivity index (χ0v) is 11.6. The molecule has 0 bridgehead atoms. The van der Waals surface area contributed by atoms with E-state index in [4.69, 9.17) is 5.26 Å². The molecule has 1 N–H and O–H groups in total. The SMILES string of the molecule is CCc1ccc(CNc2ccc([N+](=O)[O-])c(C#N)n2)s1. The Morgan fingerprint density at radius 2 is 2.15 bits per heavy atom. The second-order valence-corrected chi connectivity index (χ2v) is 5.26. The molecule has 7 heteroatoms. The maximum absolute atomic E-state index is 10.7. The van der Waals surface area contributed by atoms with Crippen LogP contribution in [0.25, 0.3) is 0 Å². The van der Waals surface area contributed by atoms with Crippen molar-refractivity contribution in [2.75, 3.05) is 5.32 Å². The lowest BCUT2D eigenvalue weighted by molar-refractivity contribution is -0.385. The van der Waals surface area contributed by atoms with Crippen LogP contribution in [-0.2, 0) is 13.0 Å². The van der Waals surface area contributed by atoms with Gasteiger partial charge in [0, 0.05) is 15.8 Å². The maximum atomic E-state index is 10.7. The highest BCUT2D eigenvalue weighted by molar-refractivity contribution is 7.12. The van der Waals surface area contributed by atoms with Crippen LogP contribution in [0.4, 0.5) is 11.5 Å². The molecule has 2 aromatic rings. The Hall–Kier alpha value is -2.46. The van der Waals surface area contributed by atoms with Crippen molar-refractivity contribution in [3.05, 3.63) is 49.8 Å². The molecule has 102 valence electrons. The molecule has 0 aliphatic carbocycles. The first-order chi connectivity index (χ1) is 9.63. The summed E-state index contributed by atoms with van der Waals surface area (Å²) in [6.45, 7) is 2.68. The van der Waals surface area contributed by atoms with Crippen molar-refractivity contribution in [1.82, 2.24) is 4.98 Å². The van der Waals surface area contributed by atoms with E-state index in [1.807, 2.05) is 6.07 Å². The van der Waals surface area contributed by atoms with Crippen molar-refractivity contribution < 1.29 is 4.92 Å². The van der Waals surface area contributed by atoms with Crippen molar-refractivity contribution in [2.45, 2.75) is 19.9 Å². The van der Waals surface area contributed by atoms with Crippen LogP contribution in [0.1, 0.15) is 22.4 Å². The number of hydrogen-bond donors (Lipinski definition) is 1. The molecule has 0 radical (unpaired) electrons. The molecule has 6 nitrogen and oxygen atoms in total. The molecule has 0 atom stereocenters. The summed E-state index contributed by atoms with van der Waals surface area (Å²) in [5, 5.41) is 22.6. The fourth-order valence-corrected chi connectivity index (χ4v) is 2.56. The number of nitro groups is 1. The van der Waals surface area contributed by atoms with Gasteiger partial charge in [0.2, 0.25) is 5.69 Å². The van der Waals surface area contributed by atoms with Gasteiger partial charge in [-0.25, -0.2) is 4.98 Å². The molecule has 2 heterocycles. The van der Waals surface area contributed by atoms with Gasteiger partial charge in [0.15, 0.2) is 0 Å². The Labute approximate surface area is 119 Å². The van der Waals surface area contributed by atoms with E-state index < -0.39 is 4.92 Å². The van der Waals surface area contributed by atoms with Crippen LogP contribution < -0.4 is 5.32 Å². The lowest BCUT2D eigenvalue weighted by atomic mass is 10.3. The first-order valence-corrected chi connectivity index (χ1v) is 6.82. The van der Waals surface area contributed by atoms with E-state index in [0.717, 1.165) is 11.3 Å². The van der Waals surface area contributed by atoms with Crippen molar-refractivity contribution in [3.63, 3.8) is 0 Å². The number of hydrogen-bond acceptors (Lipinski definition) is 6. The number of aryl methyl sites for hydroxylation is 1. The Bertz CT molecular complexity index is 675. The predicted molar refractivity (Wildman–Crippen MR) is 76.6 cm³/mol. The van der Waals surface area contributed by atoms with Crippen LogP contribution in [0.2, 0.25) is 0 Å². The fraction of sp³-hybridized carbons (Fsp3) is 0.231. The third kappa shape index (κ3) is 3.10. The largest absolute Gasteiger partial charge is 0.365 e. The predicted octanol–water partition coefficient (Wildman–Crippen LogP) is 3.10. The summed E-state index contributed by atoms with van der Waals surface area (Å²) in [4.78, 5) is 16.5. The monoisotopic (exact) mass is 288 g/mol. The smallest absolute Gasteiger partial charge is 0.305 e. The van der Waals surface area contributed by atoms with Gasteiger partial charge in [-0.05, 0) is 24.6 Å². The second-order valence-electron chi connectivity index (χ2n) is 4.01. The molecular formula is C13H12N4O2S. The zero-order valence-electron chi connectivity index (χ0n) is 10.8. The minimum absolute atomic E-state index is 0.180. The Kier molecular flexibility index (Phi) is 4.27. The first-order valence-electron chi connectivity index (χ1n) is 6.01. The summed E-state index contributed by atoms with van der Waals surface area (Å²) in [6, 6.07) is 8.65. The molecule has 0 aliphatic rings. The summed E-state index contributed by atoms with van der Waals surface area (Å²) in [7, 11) is 0. The number of aromatic nitrogens is 1. The summed E-state index contributed by atoms with van der Waals surface area (Å²) in [5.41, 5.74) is -0.456. The van der Waals surface area contributed by atoms with E-state index in [2.05, 4.69) is 23.3 Å². The summed E-state index contributed by atoms with van der Waals surface area (Å²) in [5.74, 6) is 0.457. The van der Waals surface area contributed by atoms with Crippen LogP contribution in [0.3, 0.4) is 0 Å². The van der Waals surface area contributed by atoms with E-state index in [0.29, 0.717) is 12.4 Å². The quantitative estimate of drug-likeness (QED) is 0.674. The molecular weight excluding hydrogens is 276 g/mol. The van der Waals surface area contributed by atoms with Gasteiger partial charge < -0.3 is 5.32 Å². The average molecular weight is 288 g/mol. The van der Waals surface area contributed by atoms with Crippen molar-refractivity contribution in [1.29, 1.82) is 5.26 Å². The molecule has 0 amide bonds. The molecule has 20 heavy (non-hydrogen) atoms. The zero-order chi connectivity index (χ0) is 14.5. The van der Waals surface area contributed by atoms with Crippen LogP contribution in [-0.4, -0.2) is 9.91 Å². The molecule has 0 saturated heterocycles. The third-order valence-electron chi connectivity index (χ3n) is 2.69. The standard InChI is InChI=1S/C13H12N4O2S/c1-2-9-3-4-10(20-9)8-15-13-6-5-12(17(18)19)11(7-14)16-13/h3-6H,2,8H2,1H3,(H,15,16). The molecule has 0 aromatic carbocycles. The minimum atomic E-state index is -0.609. The summed E-state index contributed by atoms with van der Waals surface area (Å²) < 4.78 is 0. The van der Waals surface area contributed by atoms with Crippen molar-refractivity contribution >= 4 is 22.8 Å². The number of pyridine rings is 1. The lowest BCUT2D eigenvalue weighted by Crippen LogP contribution is -2.02. The molecule has 2 rings (SSSR count). The van der Waals surface area contributed by atoms with Crippen molar-refractivity contribution in [3.8, 4) is 6.07 Å². The normalized spacial score (nSPS) is 10.0. The van der Waals surface area contributed by atoms with Crippen LogP contribution >= 0.6 is 11.3 Å². The second kappa shape index (κ2) is 6.12. The third-order valence-corrected chi connectivity index (χ3v) is 3.92. The fourth-order valence-electron chi connectivity index (χ4n) is 1.66. The van der Waals surface area contributed by atoms with Gasteiger partial charge in [0.1, 0.15) is 11.9 Å². The van der Waals surface area contributed by atoms with E-state index in [9.17, 15) is 10.1 Å². The molecule has 0 saturated carbocycles. The van der Waals surface area contributed by atoms with Crippen LogP contribution in [0.15, 0.2) is 24.3 Å². The van der Waals surface area contributed by atoms with E-state index in [-0.39, 0.29) is 11.4 Å². The molecule has 0 aliphatic heterocycles. The van der Waals surface area contributed by atoms with E-state index in [1.165, 1.54) is 17.0 Å². The van der Waals surface area contributed by atoms with Crippen LogP contribution in [0.5, 0.6) is 0 Å². The number of thiophene rings is 1. The summed E-state index contributed by atoms with van der Waals surface area (Å²) in [6.07, 6.45) is 0.999. The Morgan fingerprint density at radius 1 is 1.40 bits per heavy atom. The number of nitrogens with zero attached hydrogens (tertiary/aromatic N) is 3. The summed E-state index contributed by atoms with van der Waals surface area (Å²) >= 11 is 1.71. The van der Waals surface area contributed by atoms with Crippen LogP contribution in [0, 0.1) is 21.4 Å². The number of nitrogens with one attached hydrogen (secondary N) is 1. The highest BCUT2D eigenvalue weighted by Crippen LogP contribution is 2.20. The van der Waals surface area contributed by atoms with Gasteiger partial charge in [0.25, 0.3) is 0 Å². The van der Waals surface area contributed by atoms with Gasteiger partial charge >= 0.3 is 5.69 Å². The Balaban J connectivity index is 2.10. The number of anilines is 1. The number of rotatable bonds is 5. The average Bonchev–Trinajstić information content (AvgIpc) is 2.92. The Morgan fingerprint density at radius 3 is 2.75 bits per heavy atom.